The van der Waals surface area contributed by atoms with Crippen molar-refractivity contribution in [2.45, 2.75) is 44.6 Å². The molecule has 4 aliphatic rings. The fourth-order valence-corrected chi connectivity index (χ4v) is 6.41. The highest BCUT2D eigenvalue weighted by molar-refractivity contribution is 5.90. The van der Waals surface area contributed by atoms with Crippen molar-refractivity contribution in [2.24, 2.45) is 23.2 Å². The molecule has 0 aromatic heterocycles. The Labute approximate surface area is 172 Å². The summed E-state index contributed by atoms with van der Waals surface area (Å²) in [6.07, 6.45) is 8.03. The summed E-state index contributed by atoms with van der Waals surface area (Å²) in [6.45, 7) is 1.97. The maximum atomic E-state index is 11.6. The molecule has 0 unspecified atom stereocenters. The number of hydrogen-bond acceptors (Lipinski definition) is 5. The van der Waals surface area contributed by atoms with Gasteiger partial charge in [-0.05, 0) is 74.5 Å². The van der Waals surface area contributed by atoms with Gasteiger partial charge in [-0.15, -0.1) is 0 Å². The highest BCUT2D eigenvalue weighted by Crippen LogP contribution is 2.59. The topological polar surface area (TPSA) is 81.6 Å². The molecule has 5 rings (SSSR count). The van der Waals surface area contributed by atoms with Gasteiger partial charge in [0.2, 0.25) is 0 Å². The van der Waals surface area contributed by atoms with E-state index in [0.717, 1.165) is 24.3 Å². The third kappa shape index (κ3) is 4.53. The van der Waals surface area contributed by atoms with Crippen molar-refractivity contribution in [3.8, 4) is 11.5 Å². The van der Waals surface area contributed by atoms with E-state index in [9.17, 15) is 9.90 Å². The molecule has 0 saturated heterocycles. The molecule has 0 heterocycles. The van der Waals surface area contributed by atoms with Gasteiger partial charge in [-0.25, -0.2) is 4.79 Å². The van der Waals surface area contributed by atoms with Crippen LogP contribution in [0.2, 0.25) is 0 Å². The lowest BCUT2D eigenvalue weighted by Gasteiger charge is -2.56. The third-order valence-electron chi connectivity index (χ3n) is 7.20. The maximum absolute atomic E-state index is 11.6. The summed E-state index contributed by atoms with van der Waals surface area (Å²) in [5, 5.41) is 12.7. The van der Waals surface area contributed by atoms with E-state index >= 15 is 0 Å². The first-order chi connectivity index (χ1) is 14.0. The van der Waals surface area contributed by atoms with Crippen molar-refractivity contribution in [1.82, 2.24) is 0 Å². The summed E-state index contributed by atoms with van der Waals surface area (Å²) in [6, 6.07) is 4.90. The minimum absolute atomic E-state index is 0.200. The van der Waals surface area contributed by atoms with Crippen LogP contribution in [0.3, 0.4) is 0 Å². The summed E-state index contributed by atoms with van der Waals surface area (Å²) < 4.78 is 15.8. The highest BCUT2D eigenvalue weighted by atomic mass is 16.5. The van der Waals surface area contributed by atoms with Gasteiger partial charge in [0.25, 0.3) is 0 Å². The van der Waals surface area contributed by atoms with Gasteiger partial charge >= 0.3 is 5.97 Å². The number of quaternary nitrogens is 1. The quantitative estimate of drug-likeness (QED) is 0.616. The van der Waals surface area contributed by atoms with Crippen LogP contribution in [-0.4, -0.2) is 51.1 Å². The van der Waals surface area contributed by atoms with Crippen LogP contribution in [0.4, 0.5) is 0 Å². The molecule has 3 N–H and O–H groups in total. The molecule has 160 valence electrons. The molecule has 4 bridgehead atoms. The molecule has 4 aliphatic carbocycles. The number of benzene rings is 1. The molecule has 0 spiro atoms. The van der Waals surface area contributed by atoms with Crippen LogP contribution in [0.15, 0.2) is 18.2 Å². The summed E-state index contributed by atoms with van der Waals surface area (Å²) in [4.78, 5) is 11.6. The Hall–Kier alpha value is -1.79. The second-order valence-corrected chi connectivity index (χ2v) is 9.47. The van der Waals surface area contributed by atoms with Crippen molar-refractivity contribution < 1.29 is 29.4 Å². The minimum atomic E-state index is -0.547. The number of esters is 1. The predicted molar refractivity (Wildman–Crippen MR) is 108 cm³/mol. The Morgan fingerprint density at radius 2 is 1.79 bits per heavy atom. The maximum Gasteiger partial charge on any atom is 0.337 e. The third-order valence-corrected chi connectivity index (χ3v) is 7.20. The van der Waals surface area contributed by atoms with Crippen LogP contribution in [-0.2, 0) is 4.74 Å². The molecular formula is C23H34NO5+. The fraction of sp³-hybridized carbons (Fsp3) is 0.696. The molecule has 1 aromatic rings. The number of aliphatic hydroxyl groups excluding tert-OH is 1. The number of nitrogens with two attached hydrogens (primary N) is 1. The lowest BCUT2D eigenvalue weighted by molar-refractivity contribution is -0.674. The van der Waals surface area contributed by atoms with Crippen molar-refractivity contribution in [3.05, 3.63) is 23.8 Å². The van der Waals surface area contributed by atoms with Crippen LogP contribution in [0.25, 0.3) is 0 Å². The molecule has 0 aliphatic heterocycles. The second-order valence-electron chi connectivity index (χ2n) is 9.47. The number of methoxy groups -OCH3 is 2. The predicted octanol–water partition coefficient (Wildman–Crippen LogP) is 2.00. The van der Waals surface area contributed by atoms with Crippen molar-refractivity contribution in [3.63, 3.8) is 0 Å². The molecule has 1 atom stereocenters. The molecule has 4 fully saturated rings. The summed E-state index contributed by atoms with van der Waals surface area (Å²) in [5.41, 5.74) is 0.920. The van der Waals surface area contributed by atoms with Gasteiger partial charge in [-0.3, -0.25) is 0 Å². The second kappa shape index (κ2) is 8.52. The standard InChI is InChI=1S/C23H33NO5/c1-27-21-8-18(22(26)28-2)3-4-20(21)29-13-19(25)12-24-14-23-9-15-5-16(10-23)7-17(6-15)11-23/h3-4,8,15-17,19,24-25H,5-7,9-14H2,1-2H3/p+1/t15?,16?,17?,19-,23?/m0/s1. The van der Waals surface area contributed by atoms with E-state index in [4.69, 9.17) is 14.2 Å². The lowest BCUT2D eigenvalue weighted by atomic mass is 9.49. The Morgan fingerprint density at radius 1 is 1.14 bits per heavy atom. The smallest absolute Gasteiger partial charge is 0.337 e. The number of ether oxygens (including phenoxy) is 3. The fourth-order valence-electron chi connectivity index (χ4n) is 6.41. The molecule has 0 radical (unpaired) electrons. The molecule has 6 nitrogen and oxygen atoms in total. The number of rotatable bonds is 9. The van der Waals surface area contributed by atoms with Gasteiger partial charge in [0.1, 0.15) is 19.3 Å². The SMILES string of the molecule is COC(=O)c1ccc(OC[C@@H](O)C[NH2+]CC23CC4CC(CC(C4)C2)C3)c(OC)c1. The molecule has 29 heavy (non-hydrogen) atoms. The Morgan fingerprint density at radius 3 is 2.38 bits per heavy atom. The van der Waals surface area contributed by atoms with Crippen molar-refractivity contribution in [1.29, 1.82) is 0 Å². The summed E-state index contributed by atoms with van der Waals surface area (Å²) >= 11 is 0. The zero-order chi connectivity index (χ0) is 20.4. The summed E-state index contributed by atoms with van der Waals surface area (Å²) in [5.74, 6) is 3.43. The molecule has 1 aromatic carbocycles. The Balaban J connectivity index is 1.24. The number of carbonyl (C=O) groups excluding carboxylic acids is 1. The lowest BCUT2D eigenvalue weighted by Crippen LogP contribution is -2.89. The minimum Gasteiger partial charge on any atom is -0.493 e. The molecule has 0 amide bonds. The number of carbonyl (C=O) groups is 1. The van der Waals surface area contributed by atoms with Crippen LogP contribution in [0.5, 0.6) is 11.5 Å². The number of aliphatic hydroxyl groups is 1. The highest BCUT2D eigenvalue weighted by Gasteiger charge is 2.51. The van der Waals surface area contributed by atoms with Crippen LogP contribution in [0.1, 0.15) is 48.9 Å². The normalized spacial score (nSPS) is 30.8. The van der Waals surface area contributed by atoms with Crippen molar-refractivity contribution >= 4 is 5.97 Å². The monoisotopic (exact) mass is 404 g/mol. The van der Waals surface area contributed by atoms with Gasteiger partial charge < -0.3 is 24.6 Å². The van der Waals surface area contributed by atoms with Crippen LogP contribution in [0, 0.1) is 23.2 Å². The first kappa shape index (κ1) is 20.5. The average Bonchev–Trinajstić information content (AvgIpc) is 2.70. The van der Waals surface area contributed by atoms with E-state index in [1.165, 1.54) is 52.7 Å². The van der Waals surface area contributed by atoms with E-state index in [-0.39, 0.29) is 6.61 Å². The van der Waals surface area contributed by atoms with Gasteiger partial charge in [0.05, 0.1) is 26.3 Å². The average molecular weight is 405 g/mol. The zero-order valence-electron chi connectivity index (χ0n) is 17.6. The Bertz CT molecular complexity index is 699. The van der Waals surface area contributed by atoms with Gasteiger partial charge in [0.15, 0.2) is 11.5 Å². The zero-order valence-corrected chi connectivity index (χ0v) is 17.6. The first-order valence-electron chi connectivity index (χ1n) is 10.9. The molecular weight excluding hydrogens is 370 g/mol. The van der Waals surface area contributed by atoms with Gasteiger partial charge in [-0.2, -0.15) is 0 Å². The van der Waals surface area contributed by atoms with Crippen LogP contribution < -0.4 is 14.8 Å². The van der Waals surface area contributed by atoms with E-state index < -0.39 is 12.1 Å². The van der Waals surface area contributed by atoms with E-state index in [1.807, 2.05) is 0 Å². The van der Waals surface area contributed by atoms with E-state index in [0.29, 0.717) is 29.0 Å². The van der Waals surface area contributed by atoms with Crippen molar-refractivity contribution in [2.75, 3.05) is 33.9 Å². The molecule has 6 heteroatoms. The van der Waals surface area contributed by atoms with Gasteiger partial charge in [0, 0.05) is 5.41 Å². The largest absolute Gasteiger partial charge is 0.493 e. The molecule has 4 saturated carbocycles. The van der Waals surface area contributed by atoms with Gasteiger partial charge in [-0.1, -0.05) is 0 Å². The first-order valence-corrected chi connectivity index (χ1v) is 10.9. The van der Waals surface area contributed by atoms with E-state index in [1.54, 1.807) is 18.2 Å². The summed E-state index contributed by atoms with van der Waals surface area (Å²) in [7, 11) is 2.87. The number of hydrogen-bond donors (Lipinski definition) is 2. The van der Waals surface area contributed by atoms with Crippen LogP contribution >= 0.6 is 0 Å². The van der Waals surface area contributed by atoms with E-state index in [2.05, 4.69) is 5.32 Å². The Kier molecular flexibility index (Phi) is 6.02.